The first-order chi connectivity index (χ1) is 5.20. The summed E-state index contributed by atoms with van der Waals surface area (Å²) in [5.41, 5.74) is 0. The highest BCUT2D eigenvalue weighted by Crippen LogP contribution is 2.10. The van der Waals surface area contributed by atoms with E-state index >= 15 is 0 Å². The molecule has 0 amide bonds. The molecule has 0 saturated carbocycles. The molecule has 0 radical (unpaired) electrons. The number of rotatable bonds is 3. The van der Waals surface area contributed by atoms with Gasteiger partial charge in [0, 0.05) is 11.8 Å². The minimum absolute atomic E-state index is 0.177. The number of nitriles is 1. The second kappa shape index (κ2) is 5.81. The molecule has 0 fully saturated rings. The van der Waals surface area contributed by atoms with Crippen LogP contribution in [0.25, 0.3) is 0 Å². The highest BCUT2D eigenvalue weighted by atomic mass is 14.3. The third-order valence-electron chi connectivity index (χ3n) is 1.64. The minimum atomic E-state index is 0.177. The Morgan fingerprint density at radius 1 is 1.18 bits per heavy atom. The monoisotopic (exact) mass is 149 g/mol. The van der Waals surface area contributed by atoms with Gasteiger partial charge < -0.3 is 0 Å². The summed E-state index contributed by atoms with van der Waals surface area (Å²) in [7, 11) is 0. The van der Waals surface area contributed by atoms with E-state index in [1.165, 1.54) is 0 Å². The van der Waals surface area contributed by atoms with E-state index in [9.17, 15) is 0 Å². The van der Waals surface area contributed by atoms with E-state index in [0.29, 0.717) is 5.92 Å². The first-order valence-corrected chi connectivity index (χ1v) is 4.02. The molecule has 1 nitrogen and oxygen atoms in total. The molecule has 0 aromatic carbocycles. The molecule has 2 atom stereocenters. The fraction of sp³-hybridized carbons (Fsp3) is 0.700. The van der Waals surface area contributed by atoms with Gasteiger partial charge in [0.1, 0.15) is 0 Å². The van der Waals surface area contributed by atoms with E-state index in [-0.39, 0.29) is 5.92 Å². The third-order valence-corrected chi connectivity index (χ3v) is 1.64. The summed E-state index contributed by atoms with van der Waals surface area (Å²) in [6.07, 6.45) is 2.00. The lowest BCUT2D eigenvalue weighted by Crippen LogP contribution is -1.95. The second-order valence-corrected chi connectivity index (χ2v) is 2.90. The van der Waals surface area contributed by atoms with Crippen molar-refractivity contribution in [2.24, 2.45) is 11.8 Å². The summed E-state index contributed by atoms with van der Waals surface area (Å²) in [5, 5.41) is 8.49. The van der Waals surface area contributed by atoms with E-state index in [0.717, 1.165) is 12.8 Å². The molecule has 0 N–H and O–H groups in total. The van der Waals surface area contributed by atoms with Crippen LogP contribution >= 0.6 is 0 Å². The molecule has 1 heteroatoms. The predicted molar refractivity (Wildman–Crippen MR) is 46.6 cm³/mol. The van der Waals surface area contributed by atoms with Crippen LogP contribution in [0.15, 0.2) is 0 Å². The molecule has 0 spiro atoms. The van der Waals surface area contributed by atoms with Crippen molar-refractivity contribution < 1.29 is 0 Å². The van der Waals surface area contributed by atoms with E-state index < -0.39 is 0 Å². The van der Waals surface area contributed by atoms with Gasteiger partial charge in [0.05, 0.1) is 6.07 Å². The summed E-state index contributed by atoms with van der Waals surface area (Å²) in [4.78, 5) is 0. The molecular weight excluding hydrogens is 134 g/mol. The lowest BCUT2D eigenvalue weighted by Gasteiger charge is -2.03. The van der Waals surface area contributed by atoms with Crippen molar-refractivity contribution in [2.75, 3.05) is 0 Å². The largest absolute Gasteiger partial charge is 0.198 e. The van der Waals surface area contributed by atoms with Gasteiger partial charge in [-0.1, -0.05) is 6.92 Å². The molecule has 2 unspecified atom stereocenters. The van der Waals surface area contributed by atoms with E-state index in [4.69, 9.17) is 5.26 Å². The second-order valence-electron chi connectivity index (χ2n) is 2.90. The van der Waals surface area contributed by atoms with Crippen LogP contribution in [0.4, 0.5) is 0 Å². The molecule has 0 aromatic rings. The van der Waals surface area contributed by atoms with Crippen molar-refractivity contribution in [3.8, 4) is 17.9 Å². The smallest absolute Gasteiger partial charge is 0.0652 e. The Labute approximate surface area is 69.4 Å². The fourth-order valence-electron chi connectivity index (χ4n) is 0.883. The van der Waals surface area contributed by atoms with Crippen molar-refractivity contribution in [1.82, 2.24) is 0 Å². The molecule has 0 aliphatic heterocycles. The average Bonchev–Trinajstić information content (AvgIpc) is 2.01. The molecule has 60 valence electrons. The molecule has 0 rings (SSSR count). The van der Waals surface area contributed by atoms with Crippen molar-refractivity contribution in [3.63, 3.8) is 0 Å². The quantitative estimate of drug-likeness (QED) is 0.566. The lowest BCUT2D eigenvalue weighted by atomic mass is 10.00. The Balaban J connectivity index is 3.52. The Morgan fingerprint density at radius 2 is 1.73 bits per heavy atom. The lowest BCUT2D eigenvalue weighted by molar-refractivity contribution is 0.552. The van der Waals surface area contributed by atoms with Gasteiger partial charge in [-0.3, -0.25) is 0 Å². The molecule has 0 aliphatic rings. The van der Waals surface area contributed by atoms with Gasteiger partial charge in [-0.2, -0.15) is 5.26 Å². The standard InChI is InChI=1S/C10H15N/c1-4-5-9(2)6-7-10(3)8-11/h9-10H,6-7H2,1-3H3. The SMILES string of the molecule is CC#CC(C)CCC(C)C#N. The van der Waals surface area contributed by atoms with Gasteiger partial charge in [-0.15, -0.1) is 11.8 Å². The fourth-order valence-corrected chi connectivity index (χ4v) is 0.883. The maximum absolute atomic E-state index is 8.49. The normalized spacial score (nSPS) is 14.0. The molecule has 0 bridgehead atoms. The average molecular weight is 149 g/mol. The van der Waals surface area contributed by atoms with Crippen LogP contribution in [0.1, 0.15) is 33.6 Å². The Kier molecular flexibility index (Phi) is 5.30. The van der Waals surface area contributed by atoms with Gasteiger partial charge in [0.25, 0.3) is 0 Å². The van der Waals surface area contributed by atoms with Crippen LogP contribution in [0.5, 0.6) is 0 Å². The number of hydrogen-bond donors (Lipinski definition) is 0. The summed E-state index contributed by atoms with van der Waals surface area (Å²) < 4.78 is 0. The van der Waals surface area contributed by atoms with Gasteiger partial charge in [-0.05, 0) is 26.7 Å². The van der Waals surface area contributed by atoms with Gasteiger partial charge >= 0.3 is 0 Å². The van der Waals surface area contributed by atoms with Gasteiger partial charge in [-0.25, -0.2) is 0 Å². The van der Waals surface area contributed by atoms with Crippen LogP contribution in [0.2, 0.25) is 0 Å². The zero-order chi connectivity index (χ0) is 8.69. The molecule has 0 aliphatic carbocycles. The Hall–Kier alpha value is -0.950. The molecule has 0 saturated heterocycles. The van der Waals surface area contributed by atoms with Crippen LogP contribution in [-0.4, -0.2) is 0 Å². The predicted octanol–water partition coefficient (Wildman–Crippen LogP) is 2.59. The molecule has 11 heavy (non-hydrogen) atoms. The number of hydrogen-bond acceptors (Lipinski definition) is 1. The minimum Gasteiger partial charge on any atom is -0.198 e. The Morgan fingerprint density at radius 3 is 2.18 bits per heavy atom. The van der Waals surface area contributed by atoms with E-state index in [1.54, 1.807) is 0 Å². The highest BCUT2D eigenvalue weighted by molar-refractivity contribution is 4.99. The van der Waals surface area contributed by atoms with Crippen LogP contribution in [0, 0.1) is 35.0 Å². The topological polar surface area (TPSA) is 23.8 Å². The summed E-state index contributed by atoms with van der Waals surface area (Å²) in [6, 6.07) is 2.21. The van der Waals surface area contributed by atoms with Crippen molar-refractivity contribution in [2.45, 2.75) is 33.6 Å². The van der Waals surface area contributed by atoms with Gasteiger partial charge in [0.2, 0.25) is 0 Å². The van der Waals surface area contributed by atoms with Crippen molar-refractivity contribution >= 4 is 0 Å². The zero-order valence-corrected chi connectivity index (χ0v) is 7.52. The van der Waals surface area contributed by atoms with Crippen LogP contribution in [-0.2, 0) is 0 Å². The molecular formula is C10H15N. The maximum atomic E-state index is 8.49. The summed E-state index contributed by atoms with van der Waals surface area (Å²) >= 11 is 0. The van der Waals surface area contributed by atoms with E-state index in [1.807, 2.05) is 13.8 Å². The Bertz CT molecular complexity index is 189. The third kappa shape index (κ3) is 5.49. The first kappa shape index (κ1) is 10.0. The summed E-state index contributed by atoms with van der Waals surface area (Å²) in [6.45, 7) is 5.90. The number of nitrogens with zero attached hydrogens (tertiary/aromatic N) is 1. The maximum Gasteiger partial charge on any atom is 0.0652 e. The summed E-state index contributed by atoms with van der Waals surface area (Å²) in [5.74, 6) is 6.56. The van der Waals surface area contributed by atoms with Crippen molar-refractivity contribution in [3.05, 3.63) is 0 Å². The van der Waals surface area contributed by atoms with E-state index in [2.05, 4.69) is 24.8 Å². The van der Waals surface area contributed by atoms with Crippen LogP contribution in [0.3, 0.4) is 0 Å². The van der Waals surface area contributed by atoms with Crippen LogP contribution < -0.4 is 0 Å². The highest BCUT2D eigenvalue weighted by Gasteiger charge is 2.02. The molecule has 0 aromatic heterocycles. The first-order valence-electron chi connectivity index (χ1n) is 4.02. The molecule has 0 heterocycles. The zero-order valence-electron chi connectivity index (χ0n) is 7.52. The van der Waals surface area contributed by atoms with Crippen molar-refractivity contribution in [1.29, 1.82) is 5.26 Å². The van der Waals surface area contributed by atoms with Gasteiger partial charge in [0.15, 0.2) is 0 Å².